The predicted molar refractivity (Wildman–Crippen MR) is 106 cm³/mol. The summed E-state index contributed by atoms with van der Waals surface area (Å²) in [4.78, 5) is 38.3. The maximum atomic E-state index is 13.0. The number of amides is 2. The van der Waals surface area contributed by atoms with Crippen LogP contribution in [0.4, 0.5) is 10.1 Å². The van der Waals surface area contributed by atoms with E-state index in [2.05, 4.69) is 5.32 Å². The molecule has 29 heavy (non-hydrogen) atoms. The molecule has 1 atom stereocenters. The fraction of sp³-hybridized carbons (Fsp3) is 0.318. The van der Waals surface area contributed by atoms with E-state index in [1.54, 1.807) is 48.2 Å². The summed E-state index contributed by atoms with van der Waals surface area (Å²) in [6.45, 7) is 2.81. The minimum atomic E-state index is -0.457. The van der Waals surface area contributed by atoms with Crippen LogP contribution in [-0.2, 0) is 20.7 Å². The van der Waals surface area contributed by atoms with Gasteiger partial charge in [-0.15, -0.1) is 0 Å². The molecule has 1 N–H and O–H groups in total. The number of benzene rings is 2. The number of anilines is 1. The highest BCUT2D eigenvalue weighted by atomic mass is 19.1. The maximum Gasteiger partial charge on any atom is 0.338 e. The van der Waals surface area contributed by atoms with Crippen LogP contribution in [0, 0.1) is 11.7 Å². The molecule has 1 saturated heterocycles. The van der Waals surface area contributed by atoms with Gasteiger partial charge in [-0.25, -0.2) is 9.18 Å². The van der Waals surface area contributed by atoms with Gasteiger partial charge in [-0.1, -0.05) is 18.2 Å². The molecule has 7 heteroatoms. The number of nitrogens with one attached hydrogen (secondary N) is 1. The number of likely N-dealkylation sites (tertiary alicyclic amines) is 1. The summed E-state index contributed by atoms with van der Waals surface area (Å²) in [5.74, 6) is -1.54. The molecule has 0 bridgehead atoms. The van der Waals surface area contributed by atoms with Crippen LogP contribution in [0.2, 0.25) is 0 Å². The Balaban J connectivity index is 1.55. The number of esters is 1. The summed E-state index contributed by atoms with van der Waals surface area (Å²) in [6, 6.07) is 12.7. The third-order valence-corrected chi connectivity index (χ3v) is 4.81. The lowest BCUT2D eigenvalue weighted by atomic mass is 10.1. The third kappa shape index (κ3) is 5.40. The molecule has 1 heterocycles. The highest BCUT2D eigenvalue weighted by Crippen LogP contribution is 2.21. The molecule has 3 rings (SSSR count). The normalized spacial score (nSPS) is 16.0. The van der Waals surface area contributed by atoms with Crippen LogP contribution in [0.5, 0.6) is 0 Å². The van der Waals surface area contributed by atoms with E-state index in [0.717, 1.165) is 5.56 Å². The lowest BCUT2D eigenvalue weighted by molar-refractivity contribution is -0.128. The smallest absolute Gasteiger partial charge is 0.338 e. The molecule has 2 amide bonds. The van der Waals surface area contributed by atoms with Crippen molar-refractivity contribution >= 4 is 23.5 Å². The third-order valence-electron chi connectivity index (χ3n) is 4.81. The van der Waals surface area contributed by atoms with Crippen LogP contribution >= 0.6 is 0 Å². The van der Waals surface area contributed by atoms with Crippen molar-refractivity contribution < 1.29 is 23.5 Å². The molecule has 0 spiro atoms. The Hall–Kier alpha value is -3.22. The first-order chi connectivity index (χ1) is 14.0. The Morgan fingerprint density at radius 3 is 2.69 bits per heavy atom. The van der Waals surface area contributed by atoms with Crippen LogP contribution in [0.3, 0.4) is 0 Å². The van der Waals surface area contributed by atoms with Crippen molar-refractivity contribution in [3.05, 3.63) is 65.5 Å². The van der Waals surface area contributed by atoms with Gasteiger partial charge in [0.15, 0.2) is 0 Å². The second kappa shape index (κ2) is 9.32. The first-order valence-corrected chi connectivity index (χ1v) is 9.56. The Kier molecular flexibility index (Phi) is 6.59. The van der Waals surface area contributed by atoms with E-state index < -0.39 is 11.9 Å². The van der Waals surface area contributed by atoms with E-state index in [-0.39, 0.29) is 30.7 Å². The summed E-state index contributed by atoms with van der Waals surface area (Å²) < 4.78 is 17.9. The Labute approximate surface area is 168 Å². The number of hydrogen-bond donors (Lipinski definition) is 1. The van der Waals surface area contributed by atoms with E-state index in [4.69, 9.17) is 4.74 Å². The SMILES string of the molecule is CCOC(=O)c1cccc(NC(=O)C2CC(=O)N(CCc3ccc(F)cc3)C2)c1. The van der Waals surface area contributed by atoms with Crippen molar-refractivity contribution in [2.24, 2.45) is 5.92 Å². The van der Waals surface area contributed by atoms with Crippen molar-refractivity contribution in [2.75, 3.05) is 25.0 Å². The molecule has 2 aromatic carbocycles. The summed E-state index contributed by atoms with van der Waals surface area (Å²) in [6.07, 6.45) is 0.745. The first kappa shape index (κ1) is 20.5. The van der Waals surface area contributed by atoms with Crippen LogP contribution in [0.1, 0.15) is 29.3 Å². The standard InChI is InChI=1S/C22H23FN2O4/c1-2-29-22(28)16-4-3-5-19(12-16)24-21(27)17-13-20(26)25(14-17)11-10-15-6-8-18(23)9-7-15/h3-9,12,17H,2,10-11,13-14H2,1H3,(H,24,27). The molecular formula is C22H23FN2O4. The van der Waals surface area contributed by atoms with Crippen molar-refractivity contribution in [3.8, 4) is 0 Å². The van der Waals surface area contributed by atoms with Gasteiger partial charge in [-0.2, -0.15) is 0 Å². The number of hydrogen-bond acceptors (Lipinski definition) is 4. The zero-order chi connectivity index (χ0) is 20.8. The number of ether oxygens (including phenoxy) is 1. The van der Waals surface area contributed by atoms with Gasteiger partial charge in [0.2, 0.25) is 11.8 Å². The van der Waals surface area contributed by atoms with E-state index in [1.807, 2.05) is 0 Å². The average molecular weight is 398 g/mol. The fourth-order valence-corrected chi connectivity index (χ4v) is 3.26. The minimum Gasteiger partial charge on any atom is -0.462 e. The molecule has 1 aliphatic heterocycles. The van der Waals surface area contributed by atoms with Gasteiger partial charge in [-0.05, 0) is 49.2 Å². The topological polar surface area (TPSA) is 75.7 Å². The molecule has 152 valence electrons. The molecule has 6 nitrogen and oxygen atoms in total. The number of carbonyl (C=O) groups is 3. The number of halogens is 1. The molecule has 0 aromatic heterocycles. The summed E-state index contributed by atoms with van der Waals surface area (Å²) >= 11 is 0. The van der Waals surface area contributed by atoms with Gasteiger partial charge in [0.05, 0.1) is 18.1 Å². The maximum absolute atomic E-state index is 13.0. The van der Waals surface area contributed by atoms with Gasteiger partial charge in [0.25, 0.3) is 0 Å². The van der Waals surface area contributed by atoms with E-state index >= 15 is 0 Å². The monoisotopic (exact) mass is 398 g/mol. The molecule has 0 saturated carbocycles. The lowest BCUT2D eigenvalue weighted by Crippen LogP contribution is -2.30. The van der Waals surface area contributed by atoms with Gasteiger partial charge in [-0.3, -0.25) is 9.59 Å². The second-order valence-electron chi connectivity index (χ2n) is 6.91. The Bertz CT molecular complexity index is 898. The van der Waals surface area contributed by atoms with Crippen molar-refractivity contribution in [3.63, 3.8) is 0 Å². The average Bonchev–Trinajstić information content (AvgIpc) is 3.09. The molecule has 0 radical (unpaired) electrons. The largest absolute Gasteiger partial charge is 0.462 e. The van der Waals surface area contributed by atoms with Crippen LogP contribution in [0.15, 0.2) is 48.5 Å². The predicted octanol–water partition coefficient (Wildman–Crippen LogP) is 3.03. The molecule has 2 aromatic rings. The van der Waals surface area contributed by atoms with Crippen molar-refractivity contribution in [1.82, 2.24) is 4.90 Å². The number of rotatable bonds is 7. The molecular weight excluding hydrogens is 375 g/mol. The molecule has 1 fully saturated rings. The minimum absolute atomic E-state index is 0.0764. The molecule has 1 aliphatic rings. The molecule has 0 aliphatic carbocycles. The van der Waals surface area contributed by atoms with Crippen LogP contribution in [0.25, 0.3) is 0 Å². The Morgan fingerprint density at radius 1 is 1.21 bits per heavy atom. The summed E-state index contributed by atoms with van der Waals surface area (Å²) in [5.41, 5.74) is 1.77. The number of nitrogens with zero attached hydrogens (tertiary/aromatic N) is 1. The Morgan fingerprint density at radius 2 is 1.97 bits per heavy atom. The zero-order valence-corrected chi connectivity index (χ0v) is 16.2. The van der Waals surface area contributed by atoms with Crippen molar-refractivity contribution in [2.45, 2.75) is 19.8 Å². The van der Waals surface area contributed by atoms with Gasteiger partial charge in [0, 0.05) is 25.2 Å². The zero-order valence-electron chi connectivity index (χ0n) is 16.2. The summed E-state index contributed by atoms with van der Waals surface area (Å²) in [7, 11) is 0. The van der Waals surface area contributed by atoms with Crippen LogP contribution in [-0.4, -0.2) is 42.4 Å². The second-order valence-corrected chi connectivity index (χ2v) is 6.91. The highest BCUT2D eigenvalue weighted by molar-refractivity contribution is 5.98. The highest BCUT2D eigenvalue weighted by Gasteiger charge is 2.34. The van der Waals surface area contributed by atoms with E-state index in [9.17, 15) is 18.8 Å². The van der Waals surface area contributed by atoms with Gasteiger partial charge >= 0.3 is 5.97 Å². The van der Waals surface area contributed by atoms with E-state index in [1.165, 1.54) is 12.1 Å². The van der Waals surface area contributed by atoms with Gasteiger partial charge in [0.1, 0.15) is 5.82 Å². The number of carbonyl (C=O) groups excluding carboxylic acids is 3. The van der Waals surface area contributed by atoms with Crippen LogP contribution < -0.4 is 5.32 Å². The van der Waals surface area contributed by atoms with Gasteiger partial charge < -0.3 is 15.0 Å². The quantitative estimate of drug-likeness (QED) is 0.728. The molecule has 1 unspecified atom stereocenters. The van der Waals surface area contributed by atoms with Crippen molar-refractivity contribution in [1.29, 1.82) is 0 Å². The van der Waals surface area contributed by atoms with E-state index in [0.29, 0.717) is 30.8 Å². The summed E-state index contributed by atoms with van der Waals surface area (Å²) in [5, 5.41) is 2.78. The fourth-order valence-electron chi connectivity index (χ4n) is 3.26. The first-order valence-electron chi connectivity index (χ1n) is 9.56. The lowest BCUT2D eigenvalue weighted by Gasteiger charge is -2.16.